The van der Waals surface area contributed by atoms with Gasteiger partial charge in [0.25, 0.3) is 0 Å². The minimum Gasteiger partial charge on any atom is -0.315 e. The summed E-state index contributed by atoms with van der Waals surface area (Å²) in [4.78, 5) is 0. The van der Waals surface area contributed by atoms with E-state index in [2.05, 4.69) is 24.4 Å². The Kier molecular flexibility index (Phi) is 7.25. The van der Waals surface area contributed by atoms with Crippen molar-refractivity contribution in [2.45, 2.75) is 39.8 Å². The van der Waals surface area contributed by atoms with Crippen molar-refractivity contribution in [1.29, 1.82) is 0 Å². The van der Waals surface area contributed by atoms with E-state index in [1.165, 1.54) is 0 Å². The predicted octanol–water partition coefficient (Wildman–Crippen LogP) is 3.67. The highest BCUT2D eigenvalue weighted by atomic mass is 31.2. The lowest BCUT2D eigenvalue weighted by molar-refractivity contribution is 0.114. The second-order valence-electron chi connectivity index (χ2n) is 5.92. The minimum atomic E-state index is -3.31. The normalized spacial score (nSPS) is 22.4. The van der Waals surface area contributed by atoms with Crippen molar-refractivity contribution < 1.29 is 13.6 Å². The number of rotatable bonds is 8. The van der Waals surface area contributed by atoms with E-state index in [0.29, 0.717) is 25.7 Å². The average Bonchev–Trinajstić information content (AvgIpc) is 2.55. The number of nitrogens with one attached hydrogen (secondary N) is 1. The van der Waals surface area contributed by atoms with Crippen LogP contribution in [0.5, 0.6) is 0 Å². The molecule has 23 heavy (non-hydrogen) atoms. The first-order valence-corrected chi connectivity index (χ1v) is 10.0. The summed E-state index contributed by atoms with van der Waals surface area (Å²) in [6.07, 6.45) is 1.06. The maximum Gasteiger partial charge on any atom is 0.408 e. The summed E-state index contributed by atoms with van der Waals surface area (Å²) in [6.45, 7) is 9.04. The second kappa shape index (κ2) is 8.95. The van der Waals surface area contributed by atoms with Crippen LogP contribution in [0.3, 0.4) is 0 Å². The Labute approximate surface area is 139 Å². The third kappa shape index (κ3) is 4.88. The van der Waals surface area contributed by atoms with E-state index in [-0.39, 0.29) is 6.04 Å². The fourth-order valence-corrected chi connectivity index (χ4v) is 5.07. The van der Waals surface area contributed by atoms with Crippen molar-refractivity contribution in [3.8, 4) is 0 Å². The summed E-state index contributed by atoms with van der Waals surface area (Å²) in [6, 6.07) is 10.2. The molecule has 0 amide bonds. The molecule has 2 rings (SSSR count). The van der Waals surface area contributed by atoms with Crippen LogP contribution in [-0.2, 0) is 20.2 Å². The number of nitrogens with zero attached hydrogens (tertiary/aromatic N) is 1. The third-order valence-electron chi connectivity index (χ3n) is 4.26. The Balaban J connectivity index is 2.30. The van der Waals surface area contributed by atoms with E-state index in [1.807, 2.05) is 36.7 Å². The predicted molar refractivity (Wildman–Crippen MR) is 93.3 cm³/mol. The summed E-state index contributed by atoms with van der Waals surface area (Å²) >= 11 is 0. The van der Waals surface area contributed by atoms with Gasteiger partial charge in [-0.2, -0.15) is 4.67 Å². The fraction of sp³-hybridized carbons (Fsp3) is 0.647. The maximum absolute atomic E-state index is 13.4. The average molecular weight is 340 g/mol. The van der Waals surface area contributed by atoms with E-state index in [9.17, 15) is 4.57 Å². The van der Waals surface area contributed by atoms with Gasteiger partial charge < -0.3 is 5.32 Å². The van der Waals surface area contributed by atoms with Gasteiger partial charge in [-0.15, -0.1) is 0 Å². The van der Waals surface area contributed by atoms with E-state index in [4.69, 9.17) is 9.05 Å². The molecule has 5 nitrogen and oxygen atoms in total. The topological polar surface area (TPSA) is 50.8 Å². The molecule has 1 N–H and O–H groups in total. The zero-order valence-corrected chi connectivity index (χ0v) is 15.3. The van der Waals surface area contributed by atoms with E-state index >= 15 is 0 Å². The van der Waals surface area contributed by atoms with E-state index in [1.54, 1.807) is 0 Å². The molecular formula is C17H29N2O3P. The van der Waals surface area contributed by atoms with Crippen LogP contribution in [-0.4, -0.2) is 37.0 Å². The smallest absolute Gasteiger partial charge is 0.315 e. The molecule has 130 valence electrons. The molecular weight excluding hydrogens is 311 g/mol. The highest BCUT2D eigenvalue weighted by Crippen LogP contribution is 2.55. The molecule has 0 saturated carbocycles. The van der Waals surface area contributed by atoms with Gasteiger partial charge in [-0.1, -0.05) is 37.3 Å². The number of piperidine rings is 1. The standard InChI is InChI=1S/C17H29N2O3P/c1-4-21-23(20,22-5-2)19(14-16-9-7-6-8-10-16)17-13-18-12-11-15(17)3/h6-10,15,17-18H,4-5,11-14H2,1-3H3. The van der Waals surface area contributed by atoms with Crippen LogP contribution >= 0.6 is 7.75 Å². The Morgan fingerprint density at radius 3 is 2.43 bits per heavy atom. The SMILES string of the molecule is CCOP(=O)(OCC)N(Cc1ccccc1)C1CNCCC1C. The van der Waals surface area contributed by atoms with Crippen LogP contribution in [0.2, 0.25) is 0 Å². The van der Waals surface area contributed by atoms with Crippen LogP contribution in [0.1, 0.15) is 32.8 Å². The molecule has 1 aliphatic rings. The molecule has 0 bridgehead atoms. The zero-order chi connectivity index (χ0) is 16.7. The highest BCUT2D eigenvalue weighted by Gasteiger charge is 2.41. The molecule has 1 aromatic rings. The van der Waals surface area contributed by atoms with Gasteiger partial charge in [-0.05, 0) is 38.3 Å². The van der Waals surface area contributed by atoms with Crippen LogP contribution in [0.15, 0.2) is 30.3 Å². The first-order chi connectivity index (χ1) is 11.1. The molecule has 2 unspecified atom stereocenters. The largest absolute Gasteiger partial charge is 0.408 e. The Morgan fingerprint density at radius 2 is 1.87 bits per heavy atom. The Morgan fingerprint density at radius 1 is 1.22 bits per heavy atom. The Bertz CT molecular complexity index is 502. The lowest BCUT2D eigenvalue weighted by atomic mass is 9.94. The summed E-state index contributed by atoms with van der Waals surface area (Å²) in [5.41, 5.74) is 1.12. The molecule has 1 heterocycles. The minimum absolute atomic E-state index is 0.132. The van der Waals surface area contributed by atoms with Crippen LogP contribution < -0.4 is 5.32 Å². The van der Waals surface area contributed by atoms with Gasteiger partial charge in [0, 0.05) is 19.1 Å². The van der Waals surface area contributed by atoms with Gasteiger partial charge >= 0.3 is 7.75 Å². The summed E-state index contributed by atoms with van der Waals surface area (Å²) in [5.74, 6) is 0.439. The number of hydrogen-bond acceptors (Lipinski definition) is 4. The fourth-order valence-electron chi connectivity index (χ4n) is 3.04. The molecule has 1 aromatic carbocycles. The van der Waals surface area contributed by atoms with Gasteiger partial charge in [-0.25, -0.2) is 4.57 Å². The van der Waals surface area contributed by atoms with Crippen LogP contribution in [0.25, 0.3) is 0 Å². The van der Waals surface area contributed by atoms with Crippen molar-refractivity contribution in [3.05, 3.63) is 35.9 Å². The first kappa shape index (κ1) is 18.6. The first-order valence-electron chi connectivity index (χ1n) is 8.51. The van der Waals surface area contributed by atoms with Gasteiger partial charge in [-0.3, -0.25) is 9.05 Å². The van der Waals surface area contributed by atoms with E-state index in [0.717, 1.165) is 25.1 Å². The Hall–Kier alpha value is -0.710. The molecule has 0 aromatic heterocycles. The lowest BCUT2D eigenvalue weighted by Gasteiger charge is -2.41. The highest BCUT2D eigenvalue weighted by molar-refractivity contribution is 7.51. The number of hydrogen-bond donors (Lipinski definition) is 1. The molecule has 0 aliphatic carbocycles. The van der Waals surface area contributed by atoms with Crippen molar-refractivity contribution in [2.75, 3.05) is 26.3 Å². The van der Waals surface area contributed by atoms with Crippen molar-refractivity contribution in [3.63, 3.8) is 0 Å². The summed E-state index contributed by atoms with van der Waals surface area (Å²) < 4.78 is 26.6. The molecule has 6 heteroatoms. The zero-order valence-electron chi connectivity index (χ0n) is 14.4. The quantitative estimate of drug-likeness (QED) is 0.732. The van der Waals surface area contributed by atoms with Gasteiger partial charge in [0.2, 0.25) is 0 Å². The summed E-state index contributed by atoms with van der Waals surface area (Å²) in [7, 11) is -3.31. The molecule has 0 radical (unpaired) electrons. The maximum atomic E-state index is 13.4. The molecule has 1 fully saturated rings. The van der Waals surface area contributed by atoms with Crippen molar-refractivity contribution in [1.82, 2.24) is 9.99 Å². The monoisotopic (exact) mass is 340 g/mol. The molecule has 0 spiro atoms. The van der Waals surface area contributed by atoms with Gasteiger partial charge in [0.05, 0.1) is 13.2 Å². The molecule has 1 saturated heterocycles. The van der Waals surface area contributed by atoms with Crippen molar-refractivity contribution >= 4 is 7.75 Å². The third-order valence-corrected chi connectivity index (χ3v) is 6.49. The summed E-state index contributed by atoms with van der Waals surface area (Å²) in [5, 5.41) is 3.41. The van der Waals surface area contributed by atoms with Gasteiger partial charge in [0.1, 0.15) is 0 Å². The molecule has 2 atom stereocenters. The lowest BCUT2D eigenvalue weighted by Crippen LogP contribution is -2.49. The number of benzene rings is 1. The molecule has 1 aliphatic heterocycles. The van der Waals surface area contributed by atoms with E-state index < -0.39 is 7.75 Å². The van der Waals surface area contributed by atoms with Gasteiger partial charge in [0.15, 0.2) is 0 Å². The van der Waals surface area contributed by atoms with Crippen LogP contribution in [0, 0.1) is 5.92 Å². The van der Waals surface area contributed by atoms with Crippen LogP contribution in [0.4, 0.5) is 0 Å². The second-order valence-corrected chi connectivity index (χ2v) is 7.89. The van der Waals surface area contributed by atoms with Crippen molar-refractivity contribution in [2.24, 2.45) is 5.92 Å².